The summed E-state index contributed by atoms with van der Waals surface area (Å²) < 4.78 is 6.02. The third kappa shape index (κ3) is 2.82. The first-order valence-electron chi connectivity index (χ1n) is 8.70. The maximum Gasteiger partial charge on any atom is 0.270 e. The van der Waals surface area contributed by atoms with Crippen molar-refractivity contribution in [2.24, 2.45) is 0 Å². The number of rotatable bonds is 1. The fourth-order valence-corrected chi connectivity index (χ4v) is 4.12. The molecule has 2 saturated heterocycles. The second kappa shape index (κ2) is 5.60. The normalized spacial score (nSPS) is 26.8. The van der Waals surface area contributed by atoms with E-state index in [2.05, 4.69) is 4.98 Å². The second-order valence-electron chi connectivity index (χ2n) is 7.52. The van der Waals surface area contributed by atoms with Gasteiger partial charge in [0.2, 0.25) is 0 Å². The van der Waals surface area contributed by atoms with Gasteiger partial charge in [0.25, 0.3) is 5.91 Å². The highest BCUT2D eigenvalue weighted by molar-refractivity contribution is 5.98. The van der Waals surface area contributed by atoms with Crippen LogP contribution in [0.3, 0.4) is 0 Å². The number of amides is 1. The molecule has 2 aliphatic heterocycles. The van der Waals surface area contributed by atoms with Crippen LogP contribution in [0.1, 0.15) is 43.1 Å². The van der Waals surface area contributed by atoms with E-state index >= 15 is 0 Å². The Morgan fingerprint density at radius 3 is 2.71 bits per heavy atom. The summed E-state index contributed by atoms with van der Waals surface area (Å²) in [6, 6.07) is 9.84. The lowest BCUT2D eigenvalue weighted by atomic mass is 9.78. The Kier molecular flexibility index (Phi) is 3.66. The zero-order valence-corrected chi connectivity index (χ0v) is 14.0. The van der Waals surface area contributed by atoms with Gasteiger partial charge in [0.05, 0.1) is 17.8 Å². The van der Waals surface area contributed by atoms with Gasteiger partial charge in [0.15, 0.2) is 0 Å². The number of nitrogens with zero attached hydrogens (tertiary/aromatic N) is 1. The Bertz CT molecular complexity index is 724. The summed E-state index contributed by atoms with van der Waals surface area (Å²) in [7, 11) is 0. The van der Waals surface area contributed by atoms with Gasteiger partial charge in [0, 0.05) is 30.4 Å². The van der Waals surface area contributed by atoms with E-state index in [0.29, 0.717) is 38.2 Å². The molecule has 2 N–H and O–H groups in total. The van der Waals surface area contributed by atoms with Crippen LogP contribution >= 0.6 is 0 Å². The van der Waals surface area contributed by atoms with Crippen molar-refractivity contribution < 1.29 is 14.6 Å². The van der Waals surface area contributed by atoms with E-state index in [1.54, 1.807) is 0 Å². The third-order valence-electron chi connectivity index (χ3n) is 5.47. The lowest BCUT2D eigenvalue weighted by Crippen LogP contribution is -2.54. The molecule has 4 rings (SSSR count). The van der Waals surface area contributed by atoms with E-state index in [4.69, 9.17) is 4.74 Å². The predicted octanol–water partition coefficient (Wildman–Crippen LogP) is 2.70. The van der Waals surface area contributed by atoms with Crippen LogP contribution < -0.4 is 0 Å². The van der Waals surface area contributed by atoms with Crippen LogP contribution in [0.4, 0.5) is 0 Å². The van der Waals surface area contributed by atoms with E-state index in [1.807, 2.05) is 42.2 Å². The van der Waals surface area contributed by atoms with Crippen LogP contribution in [-0.2, 0) is 4.74 Å². The van der Waals surface area contributed by atoms with E-state index in [-0.39, 0.29) is 11.5 Å². The van der Waals surface area contributed by atoms with Gasteiger partial charge in [-0.2, -0.15) is 0 Å². The van der Waals surface area contributed by atoms with Crippen LogP contribution in [0.15, 0.2) is 30.3 Å². The monoisotopic (exact) mass is 328 g/mol. The van der Waals surface area contributed by atoms with Crippen molar-refractivity contribution in [1.82, 2.24) is 9.88 Å². The number of carbonyl (C=O) groups is 1. The van der Waals surface area contributed by atoms with Crippen molar-refractivity contribution in [3.8, 4) is 0 Å². The highest BCUT2D eigenvalue weighted by Gasteiger charge is 2.45. The Morgan fingerprint density at radius 1 is 1.25 bits per heavy atom. The highest BCUT2D eigenvalue weighted by Crippen LogP contribution is 2.39. The SMILES string of the molecule is CC1(O)CCOC2(CCN(C(=O)c3cc4ccccc4[nH]3)CC2)C1. The molecule has 1 atom stereocenters. The number of para-hydroxylation sites is 1. The third-order valence-corrected chi connectivity index (χ3v) is 5.47. The first-order valence-corrected chi connectivity index (χ1v) is 8.70. The molecule has 2 aromatic rings. The molecule has 2 aliphatic rings. The maximum absolute atomic E-state index is 12.8. The summed E-state index contributed by atoms with van der Waals surface area (Å²) in [6.45, 7) is 3.83. The maximum atomic E-state index is 12.8. The fraction of sp³-hybridized carbons (Fsp3) is 0.526. The topological polar surface area (TPSA) is 65.6 Å². The average Bonchev–Trinajstić information content (AvgIpc) is 2.98. The number of nitrogens with one attached hydrogen (secondary N) is 1. The second-order valence-corrected chi connectivity index (χ2v) is 7.52. The molecule has 5 heteroatoms. The van der Waals surface area contributed by atoms with E-state index < -0.39 is 5.60 Å². The van der Waals surface area contributed by atoms with Crippen molar-refractivity contribution in [2.75, 3.05) is 19.7 Å². The van der Waals surface area contributed by atoms with E-state index in [9.17, 15) is 9.90 Å². The minimum atomic E-state index is -0.651. The number of likely N-dealkylation sites (tertiary alicyclic amines) is 1. The molecule has 128 valence electrons. The average molecular weight is 328 g/mol. The van der Waals surface area contributed by atoms with Gasteiger partial charge in [0.1, 0.15) is 5.69 Å². The van der Waals surface area contributed by atoms with Gasteiger partial charge in [-0.05, 0) is 38.3 Å². The van der Waals surface area contributed by atoms with Crippen LogP contribution in [0.25, 0.3) is 10.9 Å². The zero-order chi connectivity index (χ0) is 16.8. The van der Waals surface area contributed by atoms with E-state index in [1.165, 1.54) is 0 Å². The Hall–Kier alpha value is -1.85. The number of hydrogen-bond donors (Lipinski definition) is 2. The van der Waals surface area contributed by atoms with Crippen molar-refractivity contribution >= 4 is 16.8 Å². The molecule has 24 heavy (non-hydrogen) atoms. The van der Waals surface area contributed by atoms with Crippen molar-refractivity contribution in [1.29, 1.82) is 0 Å². The van der Waals surface area contributed by atoms with Crippen molar-refractivity contribution in [2.45, 2.75) is 43.8 Å². The van der Waals surface area contributed by atoms with Crippen LogP contribution in [0, 0.1) is 0 Å². The number of carbonyl (C=O) groups excluding carboxylic acids is 1. The molecule has 0 aliphatic carbocycles. The Morgan fingerprint density at radius 2 is 2.00 bits per heavy atom. The summed E-state index contributed by atoms with van der Waals surface area (Å²) >= 11 is 0. The number of H-pyrrole nitrogens is 1. The summed E-state index contributed by atoms with van der Waals surface area (Å²) in [4.78, 5) is 17.9. The number of aromatic nitrogens is 1. The van der Waals surface area contributed by atoms with Gasteiger partial charge in [-0.15, -0.1) is 0 Å². The molecule has 1 aromatic heterocycles. The smallest absolute Gasteiger partial charge is 0.270 e. The fourth-order valence-electron chi connectivity index (χ4n) is 4.12. The van der Waals surface area contributed by atoms with Crippen LogP contribution in [-0.4, -0.2) is 51.8 Å². The molecule has 1 unspecified atom stereocenters. The number of piperidine rings is 1. The summed E-state index contributed by atoms with van der Waals surface area (Å²) in [6.07, 6.45) is 2.92. The molecule has 2 fully saturated rings. The first-order chi connectivity index (χ1) is 11.5. The summed E-state index contributed by atoms with van der Waals surface area (Å²) in [5, 5.41) is 11.4. The zero-order valence-electron chi connectivity index (χ0n) is 14.0. The lowest BCUT2D eigenvalue weighted by Gasteiger charge is -2.48. The van der Waals surface area contributed by atoms with Crippen LogP contribution in [0.5, 0.6) is 0 Å². The lowest BCUT2D eigenvalue weighted by molar-refractivity contribution is -0.170. The van der Waals surface area contributed by atoms with E-state index in [0.717, 1.165) is 23.7 Å². The predicted molar refractivity (Wildman–Crippen MR) is 92.0 cm³/mol. The van der Waals surface area contributed by atoms with Crippen molar-refractivity contribution in [3.05, 3.63) is 36.0 Å². The molecule has 3 heterocycles. The molecule has 5 nitrogen and oxygen atoms in total. The van der Waals surface area contributed by atoms with Crippen LogP contribution in [0.2, 0.25) is 0 Å². The first kappa shape index (κ1) is 15.7. The number of aromatic amines is 1. The number of ether oxygens (including phenoxy) is 1. The number of aliphatic hydroxyl groups is 1. The molecular weight excluding hydrogens is 304 g/mol. The Labute approximate surface area is 141 Å². The van der Waals surface area contributed by atoms with Gasteiger partial charge < -0.3 is 19.7 Å². The molecule has 0 bridgehead atoms. The minimum absolute atomic E-state index is 0.0450. The number of hydrogen-bond acceptors (Lipinski definition) is 3. The van der Waals surface area contributed by atoms with Gasteiger partial charge in [-0.3, -0.25) is 4.79 Å². The molecule has 0 saturated carbocycles. The molecule has 1 spiro atoms. The standard InChI is InChI=1S/C19H24N2O3/c1-18(23)8-11-24-19(13-18)6-9-21(10-7-19)17(22)16-12-14-4-2-3-5-15(14)20-16/h2-5,12,20,23H,6-11,13H2,1H3. The molecule has 1 aromatic carbocycles. The quantitative estimate of drug-likeness (QED) is 0.846. The number of benzene rings is 1. The van der Waals surface area contributed by atoms with Crippen molar-refractivity contribution in [3.63, 3.8) is 0 Å². The van der Waals surface area contributed by atoms with Gasteiger partial charge >= 0.3 is 0 Å². The Balaban J connectivity index is 1.46. The highest BCUT2D eigenvalue weighted by atomic mass is 16.5. The number of fused-ring (bicyclic) bond motifs is 1. The largest absolute Gasteiger partial charge is 0.390 e. The molecule has 0 radical (unpaired) electrons. The van der Waals surface area contributed by atoms with Gasteiger partial charge in [-0.25, -0.2) is 0 Å². The molecule has 1 amide bonds. The minimum Gasteiger partial charge on any atom is -0.390 e. The summed E-state index contributed by atoms with van der Waals surface area (Å²) in [5.74, 6) is 0.0450. The molecular formula is C19H24N2O3. The summed E-state index contributed by atoms with van der Waals surface area (Å²) in [5.41, 5.74) is 0.713. The van der Waals surface area contributed by atoms with Gasteiger partial charge in [-0.1, -0.05) is 18.2 Å².